The molecule has 0 radical (unpaired) electrons. The number of halogens is 1. The minimum Gasteiger partial charge on any atom is -0.394 e. The Labute approximate surface area is 116 Å². The molecule has 0 saturated carbocycles. The second kappa shape index (κ2) is 5.85. The summed E-state index contributed by atoms with van der Waals surface area (Å²) in [6.45, 7) is 3.65. The van der Waals surface area contributed by atoms with E-state index >= 15 is 0 Å². The van der Waals surface area contributed by atoms with E-state index in [2.05, 4.69) is 16.4 Å². The third-order valence-corrected chi connectivity index (χ3v) is 3.31. The van der Waals surface area contributed by atoms with Gasteiger partial charge in [-0.05, 0) is 31.0 Å². The van der Waals surface area contributed by atoms with Crippen molar-refractivity contribution in [1.82, 2.24) is 4.98 Å². The molecule has 0 aliphatic carbocycles. The molecule has 1 heterocycles. The molecule has 0 bridgehead atoms. The molecule has 2 aromatic rings. The SMILES string of the molecule is CC[C@H](CO)Nc1c(C#N)cnc2c(C)cc(F)cc12. The summed E-state index contributed by atoms with van der Waals surface area (Å²) in [5.41, 5.74) is 2.24. The maximum absolute atomic E-state index is 13.6. The van der Waals surface area contributed by atoms with Crippen molar-refractivity contribution in [2.24, 2.45) is 0 Å². The van der Waals surface area contributed by atoms with Gasteiger partial charge in [0.15, 0.2) is 0 Å². The molecule has 0 aliphatic heterocycles. The van der Waals surface area contributed by atoms with Crippen molar-refractivity contribution in [1.29, 1.82) is 5.26 Å². The summed E-state index contributed by atoms with van der Waals surface area (Å²) >= 11 is 0. The maximum atomic E-state index is 13.6. The van der Waals surface area contributed by atoms with Gasteiger partial charge in [0.2, 0.25) is 0 Å². The minimum absolute atomic E-state index is 0.0561. The number of benzene rings is 1. The summed E-state index contributed by atoms with van der Waals surface area (Å²) < 4.78 is 13.6. The lowest BCUT2D eigenvalue weighted by atomic mass is 10.1. The van der Waals surface area contributed by atoms with E-state index in [9.17, 15) is 14.8 Å². The van der Waals surface area contributed by atoms with Gasteiger partial charge in [0.25, 0.3) is 0 Å². The van der Waals surface area contributed by atoms with Gasteiger partial charge >= 0.3 is 0 Å². The van der Waals surface area contributed by atoms with E-state index in [4.69, 9.17) is 0 Å². The van der Waals surface area contributed by atoms with Crippen molar-refractivity contribution >= 4 is 16.6 Å². The van der Waals surface area contributed by atoms with Crippen LogP contribution in [0.3, 0.4) is 0 Å². The predicted molar refractivity (Wildman–Crippen MR) is 75.9 cm³/mol. The molecular formula is C15H16FN3O. The lowest BCUT2D eigenvalue weighted by molar-refractivity contribution is 0.272. The number of hydrogen-bond donors (Lipinski definition) is 2. The van der Waals surface area contributed by atoms with Crippen molar-refractivity contribution < 1.29 is 9.50 Å². The van der Waals surface area contributed by atoms with Gasteiger partial charge in [-0.1, -0.05) is 6.92 Å². The van der Waals surface area contributed by atoms with E-state index in [0.717, 1.165) is 0 Å². The van der Waals surface area contributed by atoms with Crippen LogP contribution in [0.15, 0.2) is 18.3 Å². The smallest absolute Gasteiger partial charge is 0.124 e. The Bertz CT molecular complexity index is 675. The van der Waals surface area contributed by atoms with Gasteiger partial charge in [0.1, 0.15) is 11.9 Å². The Hall–Kier alpha value is -2.19. The number of pyridine rings is 1. The van der Waals surface area contributed by atoms with Gasteiger partial charge in [0.05, 0.1) is 23.4 Å². The fourth-order valence-corrected chi connectivity index (χ4v) is 2.16. The molecule has 0 aliphatic rings. The van der Waals surface area contributed by atoms with Crippen LogP contribution in [-0.2, 0) is 0 Å². The Morgan fingerprint density at radius 2 is 2.25 bits per heavy atom. The zero-order valence-corrected chi connectivity index (χ0v) is 11.4. The zero-order valence-electron chi connectivity index (χ0n) is 11.4. The lowest BCUT2D eigenvalue weighted by Gasteiger charge is -2.18. The van der Waals surface area contributed by atoms with E-state index in [0.29, 0.717) is 34.1 Å². The standard InChI is InChI=1S/C15H16FN3O/c1-3-12(8-20)19-15-10(6-17)7-18-14-9(2)4-11(16)5-13(14)15/h4-5,7,12,20H,3,8H2,1-2H3,(H,18,19)/t12-/m1/s1. The third kappa shape index (κ3) is 2.56. The van der Waals surface area contributed by atoms with E-state index in [-0.39, 0.29) is 18.5 Å². The highest BCUT2D eigenvalue weighted by atomic mass is 19.1. The number of anilines is 1. The first-order valence-corrected chi connectivity index (χ1v) is 6.47. The quantitative estimate of drug-likeness (QED) is 0.898. The number of aliphatic hydroxyl groups is 1. The van der Waals surface area contributed by atoms with Crippen molar-refractivity contribution in [3.05, 3.63) is 35.3 Å². The van der Waals surface area contributed by atoms with Crippen molar-refractivity contribution in [3.8, 4) is 6.07 Å². The Kier molecular flexibility index (Phi) is 4.16. The molecular weight excluding hydrogens is 257 g/mol. The molecule has 2 N–H and O–H groups in total. The monoisotopic (exact) mass is 273 g/mol. The molecule has 4 nitrogen and oxygen atoms in total. The largest absolute Gasteiger partial charge is 0.394 e. The number of aromatic nitrogens is 1. The second-order valence-electron chi connectivity index (χ2n) is 4.71. The molecule has 0 saturated heterocycles. The van der Waals surface area contributed by atoms with Gasteiger partial charge in [-0.2, -0.15) is 5.26 Å². The van der Waals surface area contributed by atoms with Crippen LogP contribution in [0.4, 0.5) is 10.1 Å². The number of hydrogen-bond acceptors (Lipinski definition) is 4. The second-order valence-corrected chi connectivity index (χ2v) is 4.71. The number of fused-ring (bicyclic) bond motifs is 1. The van der Waals surface area contributed by atoms with E-state index < -0.39 is 0 Å². The average molecular weight is 273 g/mol. The normalized spacial score (nSPS) is 12.2. The Morgan fingerprint density at radius 1 is 1.50 bits per heavy atom. The number of rotatable bonds is 4. The van der Waals surface area contributed by atoms with Crippen molar-refractivity contribution in [2.75, 3.05) is 11.9 Å². The van der Waals surface area contributed by atoms with Crippen molar-refractivity contribution in [2.45, 2.75) is 26.3 Å². The van der Waals surface area contributed by atoms with Gasteiger partial charge < -0.3 is 10.4 Å². The van der Waals surface area contributed by atoms with E-state index in [1.165, 1.54) is 18.3 Å². The molecule has 104 valence electrons. The van der Waals surface area contributed by atoms with Crippen LogP contribution in [0, 0.1) is 24.1 Å². The Morgan fingerprint density at radius 3 is 2.85 bits per heavy atom. The number of nitriles is 1. The lowest BCUT2D eigenvalue weighted by Crippen LogP contribution is -2.23. The summed E-state index contributed by atoms with van der Waals surface area (Å²) in [6, 6.07) is 4.64. The van der Waals surface area contributed by atoms with Crippen molar-refractivity contribution in [3.63, 3.8) is 0 Å². The minimum atomic E-state index is -0.369. The van der Waals surface area contributed by atoms with Crippen LogP contribution in [0.5, 0.6) is 0 Å². The van der Waals surface area contributed by atoms with Gasteiger partial charge in [0, 0.05) is 17.6 Å². The highest BCUT2D eigenvalue weighted by molar-refractivity contribution is 5.95. The zero-order chi connectivity index (χ0) is 14.7. The van der Waals surface area contributed by atoms with Crippen LogP contribution in [0.1, 0.15) is 24.5 Å². The third-order valence-electron chi connectivity index (χ3n) is 3.31. The molecule has 0 spiro atoms. The van der Waals surface area contributed by atoms with Crippen LogP contribution in [0.25, 0.3) is 10.9 Å². The maximum Gasteiger partial charge on any atom is 0.124 e. The van der Waals surface area contributed by atoms with Gasteiger partial charge in [-0.15, -0.1) is 0 Å². The van der Waals surface area contributed by atoms with Crippen LogP contribution in [-0.4, -0.2) is 22.7 Å². The molecule has 0 fully saturated rings. The van der Waals surface area contributed by atoms with Crippen LogP contribution < -0.4 is 5.32 Å². The predicted octanol–water partition coefficient (Wildman–Crippen LogP) is 2.74. The molecule has 1 aromatic heterocycles. The van der Waals surface area contributed by atoms with E-state index in [1.54, 1.807) is 6.92 Å². The summed E-state index contributed by atoms with van der Waals surface area (Å²) in [7, 11) is 0. The summed E-state index contributed by atoms with van der Waals surface area (Å²) in [5, 5.41) is 22.2. The average Bonchev–Trinajstić information content (AvgIpc) is 2.44. The van der Waals surface area contributed by atoms with Crippen LogP contribution in [0.2, 0.25) is 0 Å². The van der Waals surface area contributed by atoms with E-state index in [1.807, 2.05) is 6.92 Å². The highest BCUT2D eigenvalue weighted by Crippen LogP contribution is 2.29. The molecule has 2 rings (SSSR count). The fraction of sp³-hybridized carbons (Fsp3) is 0.333. The first-order chi connectivity index (χ1) is 9.60. The highest BCUT2D eigenvalue weighted by Gasteiger charge is 2.14. The molecule has 1 aromatic carbocycles. The molecule has 5 heteroatoms. The number of aliphatic hydroxyl groups excluding tert-OH is 1. The molecule has 20 heavy (non-hydrogen) atoms. The van der Waals surface area contributed by atoms with Gasteiger partial charge in [-0.3, -0.25) is 4.98 Å². The summed E-state index contributed by atoms with van der Waals surface area (Å²) in [4.78, 5) is 4.22. The van der Waals surface area contributed by atoms with Crippen LogP contribution >= 0.6 is 0 Å². The van der Waals surface area contributed by atoms with Gasteiger partial charge in [-0.25, -0.2) is 4.39 Å². The first kappa shape index (κ1) is 14.2. The summed E-state index contributed by atoms with van der Waals surface area (Å²) in [5.74, 6) is -0.369. The molecule has 0 unspecified atom stereocenters. The number of nitrogens with zero attached hydrogens (tertiary/aromatic N) is 2. The molecule has 1 atom stereocenters. The first-order valence-electron chi connectivity index (χ1n) is 6.47. The topological polar surface area (TPSA) is 68.9 Å². The molecule has 0 amide bonds. The fourth-order valence-electron chi connectivity index (χ4n) is 2.16. The summed E-state index contributed by atoms with van der Waals surface area (Å²) in [6.07, 6.45) is 2.17. The number of nitrogens with one attached hydrogen (secondary N) is 1. The number of aryl methyl sites for hydroxylation is 1. The Balaban J connectivity index is 2.68.